The second-order valence-corrected chi connectivity index (χ2v) is 5.70. The van der Waals surface area contributed by atoms with E-state index in [1.807, 2.05) is 6.92 Å². The number of ether oxygens (including phenoxy) is 1. The molecule has 0 saturated carbocycles. The summed E-state index contributed by atoms with van der Waals surface area (Å²) in [6.07, 6.45) is 3.40. The number of benzene rings is 1. The molecule has 0 unspecified atom stereocenters. The number of fused-ring (bicyclic) bond motifs is 1. The minimum absolute atomic E-state index is 0.245. The summed E-state index contributed by atoms with van der Waals surface area (Å²) in [6.45, 7) is 1.91. The van der Waals surface area contributed by atoms with Gasteiger partial charge in [-0.15, -0.1) is 0 Å². The van der Waals surface area contributed by atoms with Crippen LogP contribution in [0, 0.1) is 0 Å². The maximum Gasteiger partial charge on any atom is 0.258 e. The van der Waals surface area contributed by atoms with Crippen molar-refractivity contribution < 1.29 is 13.9 Å². The van der Waals surface area contributed by atoms with Crippen LogP contribution in [-0.4, -0.2) is 23.0 Å². The van der Waals surface area contributed by atoms with Gasteiger partial charge < -0.3 is 14.5 Å². The number of nitrogens with one attached hydrogen (secondary N) is 1. The highest BCUT2D eigenvalue weighted by Gasteiger charge is 2.20. The molecule has 2 heterocycles. The fourth-order valence-corrected chi connectivity index (χ4v) is 2.69. The summed E-state index contributed by atoms with van der Waals surface area (Å²) in [5, 5.41) is 3.18. The van der Waals surface area contributed by atoms with Crippen molar-refractivity contribution in [2.24, 2.45) is 0 Å². The van der Waals surface area contributed by atoms with Gasteiger partial charge >= 0.3 is 0 Å². The first kappa shape index (κ1) is 16.5. The van der Waals surface area contributed by atoms with Crippen molar-refractivity contribution >= 4 is 45.9 Å². The van der Waals surface area contributed by atoms with Crippen LogP contribution < -0.4 is 10.1 Å². The van der Waals surface area contributed by atoms with Crippen LogP contribution in [0.25, 0.3) is 11.1 Å². The molecule has 8 heteroatoms. The van der Waals surface area contributed by atoms with Crippen molar-refractivity contribution in [3.8, 4) is 5.75 Å². The average Bonchev–Trinajstić information content (AvgIpc) is 3.01. The third-order valence-electron chi connectivity index (χ3n) is 3.41. The predicted octanol–water partition coefficient (Wildman–Crippen LogP) is 4.35. The Morgan fingerprint density at radius 1 is 1.29 bits per heavy atom. The number of hydrogen-bond donors (Lipinski definition) is 1. The molecule has 24 heavy (non-hydrogen) atoms. The number of halogens is 2. The van der Waals surface area contributed by atoms with Gasteiger partial charge in [0.15, 0.2) is 17.2 Å². The predicted molar refractivity (Wildman–Crippen MR) is 92.1 cm³/mol. The standard InChI is InChI=1S/C16H13Cl2N3O3/c1-3-12-20-13-8(4-5-11(23-2)15(13)24-12)16(22)21-14-9(17)6-19-7-10(14)18/h4-7H,3H2,1-2H3,(H,19,21,22). The van der Waals surface area contributed by atoms with E-state index in [0.717, 1.165) is 0 Å². The molecule has 1 N–H and O–H groups in total. The number of aryl methyl sites for hydroxylation is 1. The van der Waals surface area contributed by atoms with E-state index in [9.17, 15) is 4.79 Å². The third kappa shape index (κ3) is 2.90. The molecule has 0 fully saturated rings. The van der Waals surface area contributed by atoms with Crippen LogP contribution in [0.2, 0.25) is 10.0 Å². The summed E-state index contributed by atoms with van der Waals surface area (Å²) in [4.78, 5) is 20.9. The van der Waals surface area contributed by atoms with Crippen molar-refractivity contribution in [1.29, 1.82) is 0 Å². The first-order chi connectivity index (χ1) is 11.5. The molecule has 124 valence electrons. The summed E-state index contributed by atoms with van der Waals surface area (Å²) < 4.78 is 10.9. The maximum atomic E-state index is 12.7. The Balaban J connectivity index is 2.06. The van der Waals surface area contributed by atoms with Crippen LogP contribution >= 0.6 is 23.2 Å². The molecule has 0 aliphatic rings. The van der Waals surface area contributed by atoms with Crippen LogP contribution in [-0.2, 0) is 6.42 Å². The van der Waals surface area contributed by atoms with Gasteiger partial charge in [-0.1, -0.05) is 30.1 Å². The smallest absolute Gasteiger partial charge is 0.258 e. The molecule has 6 nitrogen and oxygen atoms in total. The molecule has 3 rings (SSSR count). The van der Waals surface area contributed by atoms with Crippen LogP contribution in [0.15, 0.2) is 28.9 Å². The van der Waals surface area contributed by atoms with Gasteiger partial charge in [-0.25, -0.2) is 4.98 Å². The lowest BCUT2D eigenvalue weighted by molar-refractivity contribution is 0.102. The second kappa shape index (κ2) is 6.67. The Kier molecular flexibility index (Phi) is 4.59. The molecule has 0 spiro atoms. The topological polar surface area (TPSA) is 77.2 Å². The molecule has 0 aliphatic carbocycles. The van der Waals surface area contributed by atoms with E-state index in [1.54, 1.807) is 12.1 Å². The summed E-state index contributed by atoms with van der Waals surface area (Å²) in [7, 11) is 1.53. The zero-order chi connectivity index (χ0) is 17.3. The van der Waals surface area contributed by atoms with Gasteiger partial charge in [-0.2, -0.15) is 0 Å². The normalized spacial score (nSPS) is 10.8. The van der Waals surface area contributed by atoms with Crippen molar-refractivity contribution in [3.63, 3.8) is 0 Å². The maximum absolute atomic E-state index is 12.7. The van der Waals surface area contributed by atoms with Crippen LogP contribution in [0.1, 0.15) is 23.2 Å². The SMILES string of the molecule is CCc1nc2c(C(=O)Nc3c(Cl)cncc3Cl)ccc(OC)c2o1. The summed E-state index contributed by atoms with van der Waals surface area (Å²) in [5.41, 5.74) is 1.47. The van der Waals surface area contributed by atoms with Gasteiger partial charge in [0.25, 0.3) is 5.91 Å². The second-order valence-electron chi connectivity index (χ2n) is 4.89. The van der Waals surface area contributed by atoms with E-state index in [-0.39, 0.29) is 10.0 Å². The zero-order valence-corrected chi connectivity index (χ0v) is 14.4. The van der Waals surface area contributed by atoms with Crippen molar-refractivity contribution in [2.45, 2.75) is 13.3 Å². The number of hydrogen-bond acceptors (Lipinski definition) is 5. The zero-order valence-electron chi connectivity index (χ0n) is 12.9. The van der Waals surface area contributed by atoms with Crippen LogP contribution in [0.5, 0.6) is 5.75 Å². The summed E-state index contributed by atoms with van der Waals surface area (Å²) in [6, 6.07) is 3.26. The molecule has 2 aromatic heterocycles. The van der Waals surface area contributed by atoms with Gasteiger partial charge in [0.05, 0.1) is 28.4 Å². The van der Waals surface area contributed by atoms with Crippen molar-refractivity contribution in [1.82, 2.24) is 9.97 Å². The van der Waals surface area contributed by atoms with E-state index >= 15 is 0 Å². The minimum atomic E-state index is -0.409. The lowest BCUT2D eigenvalue weighted by Crippen LogP contribution is -2.13. The molecule has 0 aliphatic heterocycles. The Hall–Kier alpha value is -2.31. The quantitative estimate of drug-likeness (QED) is 0.743. The Morgan fingerprint density at radius 2 is 2.00 bits per heavy atom. The molecule has 0 atom stereocenters. The van der Waals surface area contributed by atoms with Crippen molar-refractivity contribution in [2.75, 3.05) is 12.4 Å². The summed E-state index contributed by atoms with van der Waals surface area (Å²) >= 11 is 12.1. The molecular formula is C16H13Cl2N3O3. The Labute approximate surface area is 147 Å². The number of amides is 1. The van der Waals surface area contributed by atoms with E-state index in [4.69, 9.17) is 32.4 Å². The number of methoxy groups -OCH3 is 1. The number of rotatable bonds is 4. The first-order valence-corrected chi connectivity index (χ1v) is 7.87. The largest absolute Gasteiger partial charge is 0.493 e. The highest BCUT2D eigenvalue weighted by Crippen LogP contribution is 2.32. The fourth-order valence-electron chi connectivity index (χ4n) is 2.23. The molecule has 1 amide bonds. The number of oxazole rings is 1. The van der Waals surface area contributed by atoms with E-state index in [0.29, 0.717) is 40.4 Å². The highest BCUT2D eigenvalue weighted by atomic mass is 35.5. The number of anilines is 1. The van der Waals surface area contributed by atoms with Gasteiger partial charge in [-0.05, 0) is 12.1 Å². The molecular weight excluding hydrogens is 353 g/mol. The highest BCUT2D eigenvalue weighted by molar-refractivity contribution is 6.39. The summed E-state index contributed by atoms with van der Waals surface area (Å²) in [5.74, 6) is 0.617. The average molecular weight is 366 g/mol. The number of carbonyl (C=O) groups is 1. The minimum Gasteiger partial charge on any atom is -0.493 e. The lowest BCUT2D eigenvalue weighted by atomic mass is 10.1. The third-order valence-corrected chi connectivity index (χ3v) is 3.98. The van der Waals surface area contributed by atoms with E-state index in [1.165, 1.54) is 19.5 Å². The molecule has 0 saturated heterocycles. The molecule has 0 radical (unpaired) electrons. The molecule has 3 aromatic rings. The van der Waals surface area contributed by atoms with Gasteiger partial charge in [0.1, 0.15) is 5.52 Å². The number of pyridine rings is 1. The monoisotopic (exact) mass is 365 g/mol. The molecule has 0 bridgehead atoms. The van der Waals surface area contributed by atoms with Gasteiger partial charge in [-0.3, -0.25) is 9.78 Å². The van der Waals surface area contributed by atoms with E-state index < -0.39 is 5.91 Å². The van der Waals surface area contributed by atoms with Crippen molar-refractivity contribution in [3.05, 3.63) is 46.0 Å². The Morgan fingerprint density at radius 3 is 2.62 bits per heavy atom. The number of nitrogens with zero attached hydrogens (tertiary/aromatic N) is 2. The van der Waals surface area contributed by atoms with Crippen LogP contribution in [0.3, 0.4) is 0 Å². The lowest BCUT2D eigenvalue weighted by Gasteiger charge is -2.09. The number of carbonyl (C=O) groups excluding carboxylic acids is 1. The first-order valence-electron chi connectivity index (χ1n) is 7.12. The fraction of sp³-hybridized carbons (Fsp3) is 0.188. The molecule has 1 aromatic carbocycles. The van der Waals surface area contributed by atoms with Crippen LogP contribution in [0.4, 0.5) is 5.69 Å². The van der Waals surface area contributed by atoms with Gasteiger partial charge in [0, 0.05) is 18.8 Å². The van der Waals surface area contributed by atoms with Gasteiger partial charge in [0.2, 0.25) is 0 Å². The Bertz CT molecular complexity index is 904. The number of aromatic nitrogens is 2. The van der Waals surface area contributed by atoms with E-state index in [2.05, 4.69) is 15.3 Å².